The molecule has 1 aromatic rings. The van der Waals surface area contributed by atoms with E-state index in [1.807, 2.05) is 13.0 Å². The number of aryl methyl sites for hydroxylation is 2. The van der Waals surface area contributed by atoms with Gasteiger partial charge in [-0.1, -0.05) is 55.5 Å². The molecule has 1 rings (SSSR count). The molecule has 0 spiro atoms. The molecule has 1 aromatic carbocycles. The predicted octanol–water partition coefficient (Wildman–Crippen LogP) is 5.65. The van der Waals surface area contributed by atoms with Crippen LogP contribution in [0, 0.1) is 19.8 Å². The summed E-state index contributed by atoms with van der Waals surface area (Å²) in [7, 11) is 0. The maximum atomic E-state index is 3.94. The van der Waals surface area contributed by atoms with E-state index in [4.69, 9.17) is 0 Å². The first-order valence-electron chi connectivity index (χ1n) is 7.01. The van der Waals surface area contributed by atoms with Crippen LogP contribution < -0.4 is 0 Å². The second-order valence-corrected chi connectivity index (χ2v) is 5.38. The van der Waals surface area contributed by atoms with Crippen molar-refractivity contribution < 1.29 is 0 Å². The monoisotopic (exact) mass is 254 g/mol. The highest BCUT2D eigenvalue weighted by atomic mass is 14.1. The SMILES string of the molecule is C=Cc1cc(C)c(C)cc1CC(C)/C(C)=C/C=C\C. The molecule has 0 saturated carbocycles. The molecule has 0 saturated heterocycles. The van der Waals surface area contributed by atoms with Crippen LogP contribution in [0.2, 0.25) is 0 Å². The van der Waals surface area contributed by atoms with Gasteiger partial charge in [0.2, 0.25) is 0 Å². The minimum atomic E-state index is 0.553. The van der Waals surface area contributed by atoms with Crippen molar-refractivity contribution in [3.05, 3.63) is 64.8 Å². The molecule has 0 nitrogen and oxygen atoms in total. The lowest BCUT2D eigenvalue weighted by Gasteiger charge is -2.16. The van der Waals surface area contributed by atoms with E-state index in [0.29, 0.717) is 5.92 Å². The van der Waals surface area contributed by atoms with Gasteiger partial charge < -0.3 is 0 Å². The first-order chi connectivity index (χ1) is 8.99. The molecule has 1 unspecified atom stereocenters. The van der Waals surface area contributed by atoms with Crippen LogP contribution in [-0.2, 0) is 6.42 Å². The molecule has 19 heavy (non-hydrogen) atoms. The lowest BCUT2D eigenvalue weighted by Crippen LogP contribution is -2.04. The first kappa shape index (κ1) is 15.5. The van der Waals surface area contributed by atoms with E-state index >= 15 is 0 Å². The summed E-state index contributed by atoms with van der Waals surface area (Å²) in [5.74, 6) is 0.553. The lowest BCUT2D eigenvalue weighted by molar-refractivity contribution is 0.676. The van der Waals surface area contributed by atoms with Crippen LogP contribution in [0.5, 0.6) is 0 Å². The number of benzene rings is 1. The fourth-order valence-electron chi connectivity index (χ4n) is 2.17. The molecule has 1 atom stereocenters. The Bertz CT molecular complexity index is 501. The molecule has 0 fully saturated rings. The molecule has 102 valence electrons. The Balaban J connectivity index is 2.99. The Hall–Kier alpha value is -1.56. The van der Waals surface area contributed by atoms with Crippen molar-refractivity contribution in [2.75, 3.05) is 0 Å². The fraction of sp³-hybridized carbons (Fsp3) is 0.368. The summed E-state index contributed by atoms with van der Waals surface area (Å²) in [6.45, 7) is 14.8. The van der Waals surface area contributed by atoms with Crippen LogP contribution in [-0.4, -0.2) is 0 Å². The van der Waals surface area contributed by atoms with E-state index in [-0.39, 0.29) is 0 Å². The smallest absolute Gasteiger partial charge is 0.0191 e. The van der Waals surface area contributed by atoms with Gasteiger partial charge in [-0.2, -0.15) is 0 Å². The third-order valence-corrected chi connectivity index (χ3v) is 3.83. The van der Waals surface area contributed by atoms with Crippen LogP contribution in [0.15, 0.2) is 42.5 Å². The summed E-state index contributed by atoms with van der Waals surface area (Å²) in [4.78, 5) is 0. The van der Waals surface area contributed by atoms with Crippen molar-refractivity contribution in [2.24, 2.45) is 5.92 Å². The Labute approximate surface area is 118 Å². The molecule has 0 heterocycles. The number of allylic oxidation sites excluding steroid dienone is 4. The van der Waals surface area contributed by atoms with Crippen molar-refractivity contribution in [2.45, 2.75) is 41.0 Å². The molecule has 0 heteroatoms. The third-order valence-electron chi connectivity index (χ3n) is 3.83. The van der Waals surface area contributed by atoms with Crippen LogP contribution in [0.3, 0.4) is 0 Å². The minimum Gasteiger partial charge on any atom is -0.0985 e. The largest absolute Gasteiger partial charge is 0.0985 e. The fourth-order valence-corrected chi connectivity index (χ4v) is 2.17. The van der Waals surface area contributed by atoms with E-state index < -0.39 is 0 Å². The van der Waals surface area contributed by atoms with Crippen molar-refractivity contribution in [3.63, 3.8) is 0 Å². The lowest BCUT2D eigenvalue weighted by atomic mass is 9.89. The highest BCUT2D eigenvalue weighted by molar-refractivity contribution is 5.55. The zero-order valence-electron chi connectivity index (χ0n) is 13.0. The number of rotatable bonds is 5. The molecule has 0 bridgehead atoms. The quantitative estimate of drug-likeness (QED) is 0.596. The van der Waals surface area contributed by atoms with Crippen LogP contribution in [0.25, 0.3) is 6.08 Å². The average molecular weight is 254 g/mol. The topological polar surface area (TPSA) is 0 Å². The predicted molar refractivity (Wildman–Crippen MR) is 87.4 cm³/mol. The van der Waals surface area contributed by atoms with E-state index in [0.717, 1.165) is 6.42 Å². The van der Waals surface area contributed by atoms with Gasteiger partial charge in [0.15, 0.2) is 0 Å². The minimum absolute atomic E-state index is 0.553. The zero-order chi connectivity index (χ0) is 14.4. The molecule has 0 radical (unpaired) electrons. The Morgan fingerprint density at radius 3 is 2.47 bits per heavy atom. The van der Waals surface area contributed by atoms with Crippen molar-refractivity contribution in [3.8, 4) is 0 Å². The highest BCUT2D eigenvalue weighted by Crippen LogP contribution is 2.23. The summed E-state index contributed by atoms with van der Waals surface area (Å²) in [6, 6.07) is 4.56. The number of hydrogen-bond acceptors (Lipinski definition) is 0. The van der Waals surface area contributed by atoms with Crippen molar-refractivity contribution in [1.29, 1.82) is 0 Å². The average Bonchev–Trinajstić information content (AvgIpc) is 2.39. The third kappa shape index (κ3) is 4.24. The molecule has 0 aromatic heterocycles. The molecule has 0 aliphatic carbocycles. The van der Waals surface area contributed by atoms with E-state index in [2.05, 4.69) is 64.6 Å². The molecule has 0 aliphatic heterocycles. The van der Waals surface area contributed by atoms with Gasteiger partial charge in [0.25, 0.3) is 0 Å². The Morgan fingerprint density at radius 1 is 1.26 bits per heavy atom. The van der Waals surface area contributed by atoms with Crippen LogP contribution in [0.1, 0.15) is 43.0 Å². The molecule has 0 N–H and O–H groups in total. The van der Waals surface area contributed by atoms with Gasteiger partial charge in [-0.25, -0.2) is 0 Å². The van der Waals surface area contributed by atoms with Crippen molar-refractivity contribution >= 4 is 6.08 Å². The molecular formula is C19H26. The van der Waals surface area contributed by atoms with E-state index in [1.54, 1.807) is 0 Å². The normalized spacial score (nSPS) is 13.8. The molecule has 0 aliphatic rings. The molecule has 0 amide bonds. The summed E-state index contributed by atoms with van der Waals surface area (Å²) < 4.78 is 0. The molecular weight excluding hydrogens is 228 g/mol. The number of hydrogen-bond donors (Lipinski definition) is 0. The highest BCUT2D eigenvalue weighted by Gasteiger charge is 2.09. The standard InChI is InChI=1S/C19H26/c1-7-9-10-14(3)15(4)12-19-13-17(6)16(5)11-18(19)8-2/h7-11,13,15H,2,12H2,1,3-6H3/b9-7-,14-10+. The maximum Gasteiger partial charge on any atom is -0.0191 e. The van der Waals surface area contributed by atoms with E-state index in [1.165, 1.54) is 27.8 Å². The van der Waals surface area contributed by atoms with Gasteiger partial charge >= 0.3 is 0 Å². The Morgan fingerprint density at radius 2 is 1.89 bits per heavy atom. The van der Waals surface area contributed by atoms with Crippen molar-refractivity contribution in [1.82, 2.24) is 0 Å². The van der Waals surface area contributed by atoms with Gasteiger partial charge in [0.05, 0.1) is 0 Å². The van der Waals surface area contributed by atoms with Gasteiger partial charge in [-0.05, 0) is 62.3 Å². The van der Waals surface area contributed by atoms with Gasteiger partial charge in [0, 0.05) is 0 Å². The van der Waals surface area contributed by atoms with Crippen LogP contribution in [0.4, 0.5) is 0 Å². The second-order valence-electron chi connectivity index (χ2n) is 5.38. The van der Waals surface area contributed by atoms with Gasteiger partial charge in [0.1, 0.15) is 0 Å². The van der Waals surface area contributed by atoms with Crippen LogP contribution >= 0.6 is 0 Å². The Kier molecular flexibility index (Phi) is 5.82. The van der Waals surface area contributed by atoms with Gasteiger partial charge in [-0.15, -0.1) is 0 Å². The van der Waals surface area contributed by atoms with Gasteiger partial charge in [-0.3, -0.25) is 0 Å². The van der Waals surface area contributed by atoms with E-state index in [9.17, 15) is 0 Å². The second kappa shape index (κ2) is 7.13. The summed E-state index contributed by atoms with van der Waals surface area (Å²) in [6.07, 6.45) is 9.43. The maximum absolute atomic E-state index is 3.94. The summed E-state index contributed by atoms with van der Waals surface area (Å²) in [5, 5.41) is 0. The first-order valence-corrected chi connectivity index (χ1v) is 7.01. The summed E-state index contributed by atoms with van der Waals surface area (Å²) in [5.41, 5.74) is 6.80. The summed E-state index contributed by atoms with van der Waals surface area (Å²) >= 11 is 0. The zero-order valence-corrected chi connectivity index (χ0v) is 13.0.